The van der Waals surface area contributed by atoms with E-state index in [0.29, 0.717) is 25.2 Å². The molecular formula is C21H19N3O3. The third kappa shape index (κ3) is 3.74. The fourth-order valence-electron chi connectivity index (χ4n) is 3.09. The second-order valence-electron chi connectivity index (χ2n) is 6.60. The summed E-state index contributed by atoms with van der Waals surface area (Å²) in [4.78, 5) is 29.6. The van der Waals surface area contributed by atoms with Gasteiger partial charge in [-0.2, -0.15) is 0 Å². The van der Waals surface area contributed by atoms with Gasteiger partial charge in [-0.3, -0.25) is 9.59 Å². The average molecular weight is 361 g/mol. The number of hydrogen-bond acceptors (Lipinski definition) is 4. The molecule has 1 N–H and O–H groups in total. The van der Waals surface area contributed by atoms with Gasteiger partial charge in [0.2, 0.25) is 11.8 Å². The molecule has 1 aromatic carbocycles. The van der Waals surface area contributed by atoms with E-state index in [4.69, 9.17) is 4.42 Å². The van der Waals surface area contributed by atoms with Crippen LogP contribution >= 0.6 is 0 Å². The third-order valence-corrected chi connectivity index (χ3v) is 4.53. The molecule has 0 fully saturated rings. The number of nitrogens with zero attached hydrogens (tertiary/aromatic N) is 2. The second kappa shape index (κ2) is 7.07. The quantitative estimate of drug-likeness (QED) is 0.723. The Morgan fingerprint density at radius 2 is 2.15 bits per heavy atom. The van der Waals surface area contributed by atoms with Gasteiger partial charge in [0.1, 0.15) is 17.2 Å². The number of anilines is 1. The van der Waals surface area contributed by atoms with Crippen LogP contribution in [0.15, 0.2) is 53.1 Å². The number of carbonyl (C=O) groups excluding carboxylic acids is 2. The summed E-state index contributed by atoms with van der Waals surface area (Å²) in [7, 11) is 1.74. The molecule has 6 nitrogen and oxygen atoms in total. The van der Waals surface area contributed by atoms with E-state index in [2.05, 4.69) is 10.3 Å². The average Bonchev–Trinajstić information content (AvgIpc) is 3.08. The van der Waals surface area contributed by atoms with Crippen molar-refractivity contribution in [3.8, 4) is 0 Å². The SMILES string of the molecule is CN(Cc1cc2ccccc2o1)C(=O)C=Cc1cnc2c(c1)CCC(=O)N2. The van der Waals surface area contributed by atoms with E-state index >= 15 is 0 Å². The minimum atomic E-state index is -0.124. The van der Waals surface area contributed by atoms with Crippen molar-refractivity contribution in [3.63, 3.8) is 0 Å². The van der Waals surface area contributed by atoms with E-state index in [0.717, 1.165) is 27.9 Å². The molecule has 136 valence electrons. The molecule has 0 radical (unpaired) electrons. The molecule has 0 saturated heterocycles. The zero-order valence-electron chi connectivity index (χ0n) is 14.9. The molecule has 27 heavy (non-hydrogen) atoms. The summed E-state index contributed by atoms with van der Waals surface area (Å²) in [5, 5.41) is 3.77. The second-order valence-corrected chi connectivity index (χ2v) is 6.60. The monoisotopic (exact) mass is 361 g/mol. The van der Waals surface area contributed by atoms with E-state index in [1.54, 1.807) is 24.2 Å². The molecule has 0 spiro atoms. The molecule has 4 rings (SSSR count). The Kier molecular flexibility index (Phi) is 4.46. The Morgan fingerprint density at radius 1 is 1.30 bits per heavy atom. The fraction of sp³-hybridized carbons (Fsp3) is 0.190. The van der Waals surface area contributed by atoms with Gasteiger partial charge in [0, 0.05) is 31.1 Å². The number of fused-ring (bicyclic) bond motifs is 2. The molecule has 1 aliphatic heterocycles. The van der Waals surface area contributed by atoms with Crippen LogP contribution in [0.2, 0.25) is 0 Å². The highest BCUT2D eigenvalue weighted by molar-refractivity contribution is 5.93. The smallest absolute Gasteiger partial charge is 0.246 e. The van der Waals surface area contributed by atoms with Crippen LogP contribution in [0.25, 0.3) is 17.0 Å². The van der Waals surface area contributed by atoms with Crippen LogP contribution in [0, 0.1) is 0 Å². The lowest BCUT2D eigenvalue weighted by atomic mass is 10.0. The highest BCUT2D eigenvalue weighted by Crippen LogP contribution is 2.22. The van der Waals surface area contributed by atoms with Gasteiger partial charge in [0.05, 0.1) is 6.54 Å². The van der Waals surface area contributed by atoms with Crippen molar-refractivity contribution < 1.29 is 14.0 Å². The fourth-order valence-corrected chi connectivity index (χ4v) is 3.09. The number of benzene rings is 1. The summed E-state index contributed by atoms with van der Waals surface area (Å²) < 4.78 is 5.76. The molecule has 2 aromatic heterocycles. The number of carbonyl (C=O) groups is 2. The molecule has 0 bridgehead atoms. The molecule has 0 unspecified atom stereocenters. The number of aryl methyl sites for hydroxylation is 1. The van der Waals surface area contributed by atoms with E-state index < -0.39 is 0 Å². The van der Waals surface area contributed by atoms with Gasteiger partial charge in [-0.05, 0) is 41.8 Å². The Labute approximate surface area is 156 Å². The number of para-hydroxylation sites is 1. The highest BCUT2D eigenvalue weighted by Gasteiger charge is 2.16. The summed E-state index contributed by atoms with van der Waals surface area (Å²) in [6, 6.07) is 11.7. The van der Waals surface area contributed by atoms with E-state index in [9.17, 15) is 9.59 Å². The Hall–Kier alpha value is -3.41. The lowest BCUT2D eigenvalue weighted by Crippen LogP contribution is -2.23. The zero-order valence-corrected chi connectivity index (χ0v) is 14.9. The highest BCUT2D eigenvalue weighted by atomic mass is 16.3. The summed E-state index contributed by atoms with van der Waals surface area (Å²) in [6.45, 7) is 0.395. The largest absolute Gasteiger partial charge is 0.459 e. The summed E-state index contributed by atoms with van der Waals surface area (Å²) in [5.74, 6) is 1.21. The maximum atomic E-state index is 12.4. The maximum absolute atomic E-state index is 12.4. The van der Waals surface area contributed by atoms with E-state index in [-0.39, 0.29) is 11.8 Å². The molecule has 0 atom stereocenters. The van der Waals surface area contributed by atoms with Crippen molar-refractivity contribution in [2.24, 2.45) is 0 Å². The van der Waals surface area contributed by atoms with Gasteiger partial charge in [0.25, 0.3) is 0 Å². The molecule has 1 aliphatic rings. The third-order valence-electron chi connectivity index (χ3n) is 4.53. The molecule has 3 heterocycles. The Morgan fingerprint density at radius 3 is 3.00 bits per heavy atom. The van der Waals surface area contributed by atoms with Crippen molar-refractivity contribution in [2.75, 3.05) is 12.4 Å². The molecule has 3 aromatic rings. The zero-order chi connectivity index (χ0) is 18.8. The van der Waals surface area contributed by atoms with Gasteiger partial charge >= 0.3 is 0 Å². The number of aromatic nitrogens is 1. The first-order valence-corrected chi connectivity index (χ1v) is 8.78. The van der Waals surface area contributed by atoms with Crippen molar-refractivity contribution in [1.82, 2.24) is 9.88 Å². The van der Waals surface area contributed by atoms with Gasteiger partial charge < -0.3 is 14.6 Å². The first-order chi connectivity index (χ1) is 13.1. The Balaban J connectivity index is 1.42. The predicted octanol–water partition coefficient (Wildman–Crippen LogP) is 3.38. The van der Waals surface area contributed by atoms with Crippen LogP contribution < -0.4 is 5.32 Å². The number of likely N-dealkylation sites (N-methyl/N-ethyl adjacent to an activating group) is 1. The van der Waals surface area contributed by atoms with E-state index in [1.807, 2.05) is 36.4 Å². The topological polar surface area (TPSA) is 75.4 Å². The first kappa shape index (κ1) is 17.0. The van der Waals surface area contributed by atoms with E-state index in [1.165, 1.54) is 6.08 Å². The summed E-state index contributed by atoms with van der Waals surface area (Å²) in [5.41, 5.74) is 2.63. The first-order valence-electron chi connectivity index (χ1n) is 8.78. The summed E-state index contributed by atoms with van der Waals surface area (Å²) in [6.07, 6.45) is 6.03. The predicted molar refractivity (Wildman–Crippen MR) is 103 cm³/mol. The summed E-state index contributed by atoms with van der Waals surface area (Å²) >= 11 is 0. The minimum absolute atomic E-state index is 0.0133. The Bertz CT molecular complexity index is 1020. The van der Waals surface area contributed by atoms with Crippen LogP contribution in [-0.2, 0) is 22.6 Å². The maximum Gasteiger partial charge on any atom is 0.246 e. The number of nitrogens with one attached hydrogen (secondary N) is 1. The molecule has 0 aliphatic carbocycles. The molecule has 2 amide bonds. The van der Waals surface area contributed by atoms with Crippen molar-refractivity contribution >= 4 is 34.7 Å². The van der Waals surface area contributed by atoms with Crippen LogP contribution in [-0.4, -0.2) is 28.7 Å². The number of furan rings is 1. The molecular weight excluding hydrogens is 342 g/mol. The molecule has 6 heteroatoms. The lowest BCUT2D eigenvalue weighted by molar-refractivity contribution is -0.125. The van der Waals surface area contributed by atoms with Gasteiger partial charge in [-0.25, -0.2) is 4.98 Å². The van der Waals surface area contributed by atoms with Crippen LogP contribution in [0.4, 0.5) is 5.82 Å². The van der Waals surface area contributed by atoms with Crippen LogP contribution in [0.3, 0.4) is 0 Å². The van der Waals surface area contributed by atoms with Gasteiger partial charge in [-0.15, -0.1) is 0 Å². The number of rotatable bonds is 4. The minimum Gasteiger partial charge on any atom is -0.459 e. The van der Waals surface area contributed by atoms with Crippen molar-refractivity contribution in [1.29, 1.82) is 0 Å². The van der Waals surface area contributed by atoms with Gasteiger partial charge in [0.15, 0.2) is 0 Å². The molecule has 0 saturated carbocycles. The number of pyridine rings is 1. The van der Waals surface area contributed by atoms with Crippen molar-refractivity contribution in [2.45, 2.75) is 19.4 Å². The lowest BCUT2D eigenvalue weighted by Gasteiger charge is -2.15. The number of hydrogen-bond donors (Lipinski definition) is 1. The standard InChI is InChI=1S/C21H19N3O3/c1-24(13-17-11-15-4-2-3-5-18(15)27-17)20(26)9-6-14-10-16-7-8-19(25)23-21(16)22-12-14/h2-6,9-12H,7-8,13H2,1H3,(H,22,23,25). The van der Waals surface area contributed by atoms with Gasteiger partial charge in [-0.1, -0.05) is 18.2 Å². The van der Waals surface area contributed by atoms with Crippen LogP contribution in [0.5, 0.6) is 0 Å². The van der Waals surface area contributed by atoms with Crippen LogP contribution in [0.1, 0.15) is 23.3 Å². The number of amides is 2. The van der Waals surface area contributed by atoms with Crippen molar-refractivity contribution in [3.05, 3.63) is 65.6 Å². The normalized spacial score (nSPS) is 13.6.